The Morgan fingerprint density at radius 2 is 1.83 bits per heavy atom. The molecule has 0 aliphatic heterocycles. The third kappa shape index (κ3) is 3.45. The molecule has 0 fully saturated rings. The normalized spacial score (nSPS) is 10.8. The van der Waals surface area contributed by atoms with E-state index in [4.69, 9.17) is 9.83 Å². The summed E-state index contributed by atoms with van der Waals surface area (Å²) >= 11 is 0. The van der Waals surface area contributed by atoms with Crippen molar-refractivity contribution < 1.29 is 13.2 Å². The lowest BCUT2D eigenvalue weighted by Crippen LogP contribution is -2.01. The molecule has 0 aliphatic rings. The predicted molar refractivity (Wildman–Crippen MR) is 86.3 cm³/mol. The van der Waals surface area contributed by atoms with Gasteiger partial charge in [0.2, 0.25) is 5.89 Å². The van der Waals surface area contributed by atoms with Crippen molar-refractivity contribution in [1.29, 1.82) is 5.41 Å². The molecule has 0 spiro atoms. The van der Waals surface area contributed by atoms with Gasteiger partial charge in [-0.3, -0.25) is 0 Å². The number of nitrogens with one attached hydrogen (secondary N) is 2. The van der Waals surface area contributed by atoms with Crippen LogP contribution in [-0.4, -0.2) is 16.4 Å². The maximum atomic E-state index is 12.5. The number of alkyl halides is 2. The van der Waals surface area contributed by atoms with Crippen LogP contribution in [0.5, 0.6) is 0 Å². The Hall–Kier alpha value is -3.09. The van der Waals surface area contributed by atoms with Gasteiger partial charge in [0.25, 0.3) is 5.89 Å². The fraction of sp³-hybridized carbons (Fsp3) is 0.118. The Bertz CT molecular complexity index is 831. The van der Waals surface area contributed by atoms with Crippen LogP contribution in [0.15, 0.2) is 52.9 Å². The second kappa shape index (κ2) is 6.99. The molecule has 7 heteroatoms. The molecular formula is C17H14F2N4O. The molecule has 3 rings (SSSR count). The third-order valence-corrected chi connectivity index (χ3v) is 3.43. The molecule has 2 aromatic carbocycles. The van der Waals surface area contributed by atoms with E-state index < -0.39 is 12.3 Å². The molecular weight excluding hydrogens is 314 g/mol. The molecule has 1 heterocycles. The van der Waals surface area contributed by atoms with Crippen molar-refractivity contribution in [2.45, 2.75) is 13.0 Å². The minimum absolute atomic E-state index is 0.0685. The zero-order valence-electron chi connectivity index (χ0n) is 12.5. The molecule has 122 valence electrons. The van der Waals surface area contributed by atoms with E-state index in [1.807, 2.05) is 36.4 Å². The summed E-state index contributed by atoms with van der Waals surface area (Å²) < 4.78 is 29.8. The minimum Gasteiger partial charge on any atom is -0.415 e. The molecule has 0 radical (unpaired) electrons. The van der Waals surface area contributed by atoms with Gasteiger partial charge in [-0.25, -0.2) is 0 Å². The lowest BCUT2D eigenvalue weighted by atomic mass is 10.1. The lowest BCUT2D eigenvalue weighted by Gasteiger charge is -2.09. The summed E-state index contributed by atoms with van der Waals surface area (Å²) in [6, 6.07) is 14.7. The Labute approximate surface area is 136 Å². The first kappa shape index (κ1) is 15.8. The molecule has 5 nitrogen and oxygen atoms in total. The van der Waals surface area contributed by atoms with Gasteiger partial charge in [0.1, 0.15) is 0 Å². The van der Waals surface area contributed by atoms with Crippen LogP contribution in [0.1, 0.15) is 23.4 Å². The van der Waals surface area contributed by atoms with Gasteiger partial charge in [0, 0.05) is 29.6 Å². The summed E-state index contributed by atoms with van der Waals surface area (Å²) in [6.07, 6.45) is -1.48. The van der Waals surface area contributed by atoms with E-state index in [-0.39, 0.29) is 5.89 Å². The first-order chi connectivity index (χ1) is 11.7. The highest BCUT2D eigenvalue weighted by Gasteiger charge is 2.16. The Kier molecular flexibility index (Phi) is 4.60. The second-order valence-electron chi connectivity index (χ2n) is 5.03. The van der Waals surface area contributed by atoms with Gasteiger partial charge < -0.3 is 15.1 Å². The van der Waals surface area contributed by atoms with Gasteiger partial charge in [0.15, 0.2) is 0 Å². The maximum absolute atomic E-state index is 12.5. The first-order valence-corrected chi connectivity index (χ1v) is 7.21. The molecule has 2 N–H and O–H groups in total. The van der Waals surface area contributed by atoms with E-state index in [0.29, 0.717) is 12.1 Å². The van der Waals surface area contributed by atoms with Gasteiger partial charge in [-0.2, -0.15) is 8.78 Å². The largest absolute Gasteiger partial charge is 0.415 e. The van der Waals surface area contributed by atoms with Crippen LogP contribution in [0.2, 0.25) is 0 Å². The van der Waals surface area contributed by atoms with Gasteiger partial charge >= 0.3 is 6.43 Å². The van der Waals surface area contributed by atoms with Crippen LogP contribution in [0.3, 0.4) is 0 Å². The SMILES string of the molecule is N=Cc1ccccc1NCc1ccc(-c2nnc(C(F)F)o2)cc1. The maximum Gasteiger partial charge on any atom is 0.314 e. The summed E-state index contributed by atoms with van der Waals surface area (Å²) in [6.45, 7) is 0.567. The minimum atomic E-state index is -2.77. The van der Waals surface area contributed by atoms with Crippen molar-refractivity contribution >= 4 is 11.9 Å². The third-order valence-electron chi connectivity index (χ3n) is 3.43. The molecule has 24 heavy (non-hydrogen) atoms. The van der Waals surface area contributed by atoms with E-state index in [0.717, 1.165) is 16.8 Å². The number of anilines is 1. The number of benzene rings is 2. The number of rotatable bonds is 6. The molecule has 0 unspecified atom stereocenters. The molecule has 0 saturated heterocycles. The summed E-state index contributed by atoms with van der Waals surface area (Å²) in [7, 11) is 0. The van der Waals surface area contributed by atoms with Crippen molar-refractivity contribution in [3.8, 4) is 11.5 Å². The van der Waals surface area contributed by atoms with E-state index in [9.17, 15) is 8.78 Å². The van der Waals surface area contributed by atoms with Crippen LogP contribution >= 0.6 is 0 Å². The zero-order valence-corrected chi connectivity index (χ0v) is 12.5. The summed E-state index contributed by atoms with van der Waals surface area (Å²) in [5.74, 6) is -0.613. The van der Waals surface area contributed by atoms with Crippen molar-refractivity contribution in [2.24, 2.45) is 0 Å². The topological polar surface area (TPSA) is 74.8 Å². The monoisotopic (exact) mass is 328 g/mol. The fourth-order valence-electron chi connectivity index (χ4n) is 2.19. The molecule has 0 saturated carbocycles. The Balaban J connectivity index is 1.69. The highest BCUT2D eigenvalue weighted by molar-refractivity contribution is 5.85. The number of nitrogens with zero attached hydrogens (tertiary/aromatic N) is 2. The van der Waals surface area contributed by atoms with Crippen LogP contribution < -0.4 is 5.32 Å². The van der Waals surface area contributed by atoms with Gasteiger partial charge in [-0.15, -0.1) is 10.2 Å². The van der Waals surface area contributed by atoms with Crippen LogP contribution in [0.25, 0.3) is 11.5 Å². The number of hydrogen-bond acceptors (Lipinski definition) is 5. The van der Waals surface area contributed by atoms with Gasteiger partial charge in [-0.1, -0.05) is 30.3 Å². The zero-order chi connectivity index (χ0) is 16.9. The van der Waals surface area contributed by atoms with E-state index in [1.54, 1.807) is 12.1 Å². The smallest absolute Gasteiger partial charge is 0.314 e. The molecule has 0 atom stereocenters. The summed E-state index contributed by atoms with van der Waals surface area (Å²) in [4.78, 5) is 0. The molecule has 3 aromatic rings. The summed E-state index contributed by atoms with van der Waals surface area (Å²) in [5.41, 5.74) is 3.25. The highest BCUT2D eigenvalue weighted by Crippen LogP contribution is 2.23. The van der Waals surface area contributed by atoms with Crippen molar-refractivity contribution in [2.75, 3.05) is 5.32 Å². The van der Waals surface area contributed by atoms with Gasteiger partial charge in [0.05, 0.1) is 0 Å². The van der Waals surface area contributed by atoms with E-state index in [1.165, 1.54) is 6.21 Å². The quantitative estimate of drug-likeness (QED) is 0.662. The Morgan fingerprint density at radius 3 is 2.50 bits per heavy atom. The Morgan fingerprint density at radius 1 is 1.08 bits per heavy atom. The number of halogens is 2. The molecule has 0 amide bonds. The van der Waals surface area contributed by atoms with Crippen molar-refractivity contribution in [1.82, 2.24) is 10.2 Å². The number of hydrogen-bond donors (Lipinski definition) is 2. The molecule has 0 bridgehead atoms. The van der Waals surface area contributed by atoms with Crippen LogP contribution in [-0.2, 0) is 6.54 Å². The average Bonchev–Trinajstić information content (AvgIpc) is 3.11. The predicted octanol–water partition coefficient (Wildman–Crippen LogP) is 4.28. The lowest BCUT2D eigenvalue weighted by molar-refractivity contribution is 0.116. The molecule has 0 aliphatic carbocycles. The van der Waals surface area contributed by atoms with Crippen molar-refractivity contribution in [3.05, 3.63) is 65.5 Å². The fourth-order valence-corrected chi connectivity index (χ4v) is 2.19. The van der Waals surface area contributed by atoms with Crippen molar-refractivity contribution in [3.63, 3.8) is 0 Å². The summed E-state index contributed by atoms with van der Waals surface area (Å²) in [5, 5.41) is 17.6. The highest BCUT2D eigenvalue weighted by atomic mass is 19.3. The first-order valence-electron chi connectivity index (χ1n) is 7.21. The van der Waals surface area contributed by atoms with E-state index in [2.05, 4.69) is 15.5 Å². The second-order valence-corrected chi connectivity index (χ2v) is 5.03. The van der Waals surface area contributed by atoms with Crippen LogP contribution in [0, 0.1) is 5.41 Å². The number of para-hydroxylation sites is 1. The standard InChI is InChI=1S/C17H14F2N4O/c18-15(19)17-23-22-16(24-17)12-7-5-11(6-8-12)10-21-14-4-2-1-3-13(14)9-20/h1-9,15,20-21H,10H2. The van der Waals surface area contributed by atoms with Gasteiger partial charge in [-0.05, 0) is 23.8 Å². The number of aromatic nitrogens is 2. The van der Waals surface area contributed by atoms with E-state index >= 15 is 0 Å². The molecule has 1 aromatic heterocycles. The average molecular weight is 328 g/mol. The van der Waals surface area contributed by atoms with Crippen LogP contribution in [0.4, 0.5) is 14.5 Å².